The first-order valence-corrected chi connectivity index (χ1v) is 3.45. The molecule has 1 aromatic carbocycles. The van der Waals surface area contributed by atoms with Crippen molar-refractivity contribution >= 4 is 23.1 Å². The first-order valence-electron chi connectivity index (χ1n) is 3.04. The summed E-state index contributed by atoms with van der Waals surface area (Å²) < 4.78 is 4.69. The van der Waals surface area contributed by atoms with Gasteiger partial charge < -0.3 is 14.5 Å². The third-order valence-electron chi connectivity index (χ3n) is 1.31. The maximum atomic E-state index is 8.79. The first-order chi connectivity index (χ1) is 5.25. The van der Waals surface area contributed by atoms with E-state index in [0.29, 0.717) is 11.2 Å². The molecule has 0 aliphatic rings. The molecule has 3 nitrogen and oxygen atoms in total. The molecule has 2 N–H and O–H groups in total. The Morgan fingerprint density at radius 3 is 2.36 bits per heavy atom. The smallest absolute Gasteiger partial charge is 0.492 e. The summed E-state index contributed by atoms with van der Waals surface area (Å²) in [5.41, 5.74) is 0.336. The molecule has 0 saturated carbocycles. The van der Waals surface area contributed by atoms with Gasteiger partial charge in [-0.3, -0.25) is 0 Å². The molecule has 0 fully saturated rings. The topological polar surface area (TPSA) is 49.7 Å². The minimum Gasteiger partial charge on any atom is -0.541 e. The van der Waals surface area contributed by atoms with Gasteiger partial charge >= 0.3 is 17.6 Å². The monoisotopic (exact) mass is 165 g/mol. The molecule has 55 valence electrons. The Labute approximate surface area is 68.3 Å². The van der Waals surface area contributed by atoms with Crippen LogP contribution in [-0.4, -0.2) is 27.7 Å². The van der Waals surface area contributed by atoms with Crippen molar-refractivity contribution in [3.05, 3.63) is 24.3 Å². The molecule has 0 atom stereocenters. The Morgan fingerprint density at radius 1 is 1.27 bits per heavy atom. The Bertz CT molecular complexity index is 241. The van der Waals surface area contributed by atoms with Gasteiger partial charge in [0.15, 0.2) is 0 Å². The van der Waals surface area contributed by atoms with Crippen LogP contribution in [0, 0.1) is 0 Å². The van der Waals surface area contributed by atoms with Crippen LogP contribution in [-0.2, 0) is 0 Å². The van der Waals surface area contributed by atoms with Gasteiger partial charge in [-0.15, -0.1) is 0 Å². The molecule has 0 spiro atoms. The van der Waals surface area contributed by atoms with Gasteiger partial charge in [0, 0.05) is 5.46 Å². The molecule has 5 heteroatoms. The molecule has 3 radical (unpaired) electrons. The van der Waals surface area contributed by atoms with Crippen molar-refractivity contribution in [1.82, 2.24) is 0 Å². The molecular formula is C6H6BO3Si. The lowest BCUT2D eigenvalue weighted by atomic mass is 9.80. The second kappa shape index (κ2) is 3.57. The molecule has 0 unspecified atom stereocenters. The zero-order valence-corrected chi connectivity index (χ0v) is 6.69. The van der Waals surface area contributed by atoms with E-state index in [1.54, 1.807) is 24.3 Å². The highest BCUT2D eigenvalue weighted by Crippen LogP contribution is 2.04. The third-order valence-corrected chi connectivity index (χ3v) is 1.53. The third kappa shape index (κ3) is 1.83. The fraction of sp³-hybridized carbons (Fsp3) is 0. The lowest BCUT2D eigenvalue weighted by Crippen LogP contribution is -2.30. The predicted octanol–water partition coefficient (Wildman–Crippen LogP) is -1.17. The van der Waals surface area contributed by atoms with E-state index in [-0.39, 0.29) is 0 Å². The van der Waals surface area contributed by atoms with E-state index in [9.17, 15) is 0 Å². The SMILES string of the molecule is OB(O)c1ccccc1O[Si]. The van der Waals surface area contributed by atoms with Gasteiger partial charge in [0.25, 0.3) is 0 Å². The van der Waals surface area contributed by atoms with E-state index in [1.165, 1.54) is 0 Å². The molecule has 0 saturated heterocycles. The van der Waals surface area contributed by atoms with Crippen LogP contribution in [0.3, 0.4) is 0 Å². The van der Waals surface area contributed by atoms with Gasteiger partial charge in [0.2, 0.25) is 0 Å². The van der Waals surface area contributed by atoms with Crippen LogP contribution in [0.4, 0.5) is 0 Å². The average molecular weight is 165 g/mol. The van der Waals surface area contributed by atoms with E-state index in [0.717, 1.165) is 0 Å². The van der Waals surface area contributed by atoms with E-state index >= 15 is 0 Å². The quantitative estimate of drug-likeness (QED) is 0.543. The van der Waals surface area contributed by atoms with Crippen molar-refractivity contribution in [2.75, 3.05) is 0 Å². The average Bonchev–Trinajstić information content (AvgIpc) is 2.04. The van der Waals surface area contributed by atoms with Crippen molar-refractivity contribution < 1.29 is 14.5 Å². The zero-order valence-electron chi connectivity index (χ0n) is 5.69. The van der Waals surface area contributed by atoms with Crippen molar-refractivity contribution in [1.29, 1.82) is 0 Å². The van der Waals surface area contributed by atoms with Crippen LogP contribution in [0.1, 0.15) is 0 Å². The largest absolute Gasteiger partial charge is 0.541 e. The highest BCUT2D eigenvalue weighted by atomic mass is 28.2. The summed E-state index contributed by atoms with van der Waals surface area (Å²) in [5.74, 6) is 0.402. The predicted molar refractivity (Wildman–Crippen MR) is 42.6 cm³/mol. The second-order valence-corrected chi connectivity index (χ2v) is 2.22. The van der Waals surface area contributed by atoms with Gasteiger partial charge in [-0.25, -0.2) is 0 Å². The summed E-state index contributed by atoms with van der Waals surface area (Å²) in [6.07, 6.45) is 0. The highest BCUT2D eigenvalue weighted by Gasteiger charge is 2.14. The van der Waals surface area contributed by atoms with Crippen LogP contribution in [0.25, 0.3) is 0 Å². The molecule has 0 aliphatic heterocycles. The van der Waals surface area contributed by atoms with Gasteiger partial charge in [-0.2, -0.15) is 0 Å². The minimum absolute atomic E-state index is 0.336. The van der Waals surface area contributed by atoms with E-state index < -0.39 is 7.12 Å². The number of hydrogen-bond donors (Lipinski definition) is 2. The molecule has 0 bridgehead atoms. The molecule has 1 rings (SSSR count). The Kier molecular flexibility index (Phi) is 2.70. The van der Waals surface area contributed by atoms with Gasteiger partial charge in [0.05, 0.1) is 0 Å². The van der Waals surface area contributed by atoms with Crippen molar-refractivity contribution in [3.8, 4) is 5.75 Å². The maximum absolute atomic E-state index is 8.79. The van der Waals surface area contributed by atoms with Crippen LogP contribution in [0.2, 0.25) is 0 Å². The van der Waals surface area contributed by atoms with Crippen molar-refractivity contribution in [3.63, 3.8) is 0 Å². The lowest BCUT2D eigenvalue weighted by molar-refractivity contribution is 0.424. The summed E-state index contributed by atoms with van der Waals surface area (Å²) in [7, 11) is 1.30. The van der Waals surface area contributed by atoms with Crippen LogP contribution in [0.15, 0.2) is 24.3 Å². The Balaban J connectivity index is 3.02. The molecule has 1 aromatic rings. The lowest BCUT2D eigenvalue weighted by Gasteiger charge is -2.05. The Morgan fingerprint density at radius 2 is 1.91 bits per heavy atom. The van der Waals surface area contributed by atoms with Gasteiger partial charge in [-0.1, -0.05) is 18.2 Å². The highest BCUT2D eigenvalue weighted by molar-refractivity contribution is 6.59. The van der Waals surface area contributed by atoms with E-state index in [1.807, 2.05) is 0 Å². The fourth-order valence-corrected chi connectivity index (χ4v) is 0.973. The number of para-hydroxylation sites is 1. The summed E-state index contributed by atoms with van der Waals surface area (Å²) in [5, 5.41) is 17.6. The Hall–Kier alpha value is -0.778. The molecule has 0 aliphatic carbocycles. The first kappa shape index (κ1) is 8.32. The molecule has 0 amide bonds. The number of rotatable bonds is 2. The maximum Gasteiger partial charge on any atom is 0.492 e. The zero-order chi connectivity index (χ0) is 8.27. The molecule has 0 aromatic heterocycles. The van der Waals surface area contributed by atoms with Crippen molar-refractivity contribution in [2.45, 2.75) is 0 Å². The van der Waals surface area contributed by atoms with Crippen LogP contribution in [0.5, 0.6) is 5.75 Å². The minimum atomic E-state index is -1.50. The second-order valence-electron chi connectivity index (χ2n) is 2.01. The van der Waals surface area contributed by atoms with Crippen LogP contribution < -0.4 is 9.89 Å². The van der Waals surface area contributed by atoms with E-state index in [4.69, 9.17) is 14.5 Å². The standard InChI is InChI=1S/C6H6BO3Si/c8-7(9)5-3-1-2-4-6(5)10-11/h1-4,8-9H. The van der Waals surface area contributed by atoms with Gasteiger partial charge in [-0.05, 0) is 6.07 Å². The van der Waals surface area contributed by atoms with Crippen molar-refractivity contribution in [2.24, 2.45) is 0 Å². The summed E-state index contributed by atoms with van der Waals surface area (Å²) in [6, 6.07) is 6.63. The van der Waals surface area contributed by atoms with Gasteiger partial charge in [0.1, 0.15) is 5.75 Å². The summed E-state index contributed by atoms with van der Waals surface area (Å²) >= 11 is 0. The fourth-order valence-electron chi connectivity index (χ4n) is 0.787. The normalized spacial score (nSPS) is 9.36. The van der Waals surface area contributed by atoms with E-state index in [2.05, 4.69) is 10.5 Å². The molecular weight excluding hydrogens is 159 g/mol. The summed E-state index contributed by atoms with van der Waals surface area (Å²) in [6.45, 7) is 0. The number of benzene rings is 1. The number of hydrogen-bond acceptors (Lipinski definition) is 3. The molecule has 0 heterocycles. The molecule has 11 heavy (non-hydrogen) atoms. The van der Waals surface area contributed by atoms with Crippen LogP contribution >= 0.6 is 0 Å². The summed E-state index contributed by atoms with van der Waals surface area (Å²) in [4.78, 5) is 0.